The topological polar surface area (TPSA) is 108 Å². The quantitative estimate of drug-likeness (QED) is 0.518. The average Bonchev–Trinajstić information content (AvgIpc) is 2.94. The fourth-order valence-corrected chi connectivity index (χ4v) is 3.54. The Hall–Kier alpha value is -3.68. The lowest BCUT2D eigenvalue weighted by molar-refractivity contribution is -0.128. The van der Waals surface area contributed by atoms with Gasteiger partial charge in [-0.05, 0) is 30.5 Å². The molecule has 3 N–H and O–H groups in total. The molecular weight excluding hydrogens is 408 g/mol. The van der Waals surface area contributed by atoms with Gasteiger partial charge >= 0.3 is 0 Å². The second kappa shape index (κ2) is 11.1. The van der Waals surface area contributed by atoms with Crippen LogP contribution < -0.4 is 20.9 Å². The van der Waals surface area contributed by atoms with Gasteiger partial charge in [-0.1, -0.05) is 49.4 Å². The van der Waals surface area contributed by atoms with E-state index in [-0.39, 0.29) is 31.3 Å². The summed E-state index contributed by atoms with van der Waals surface area (Å²) in [6.07, 6.45) is 1.95. The number of nitrogens with one attached hydrogen (secondary N) is 3. The zero-order valence-electron chi connectivity index (χ0n) is 18.0. The number of anilines is 2. The number of para-hydroxylation sites is 2. The van der Waals surface area contributed by atoms with E-state index >= 15 is 0 Å². The lowest BCUT2D eigenvalue weighted by Crippen LogP contribution is -2.53. The third-order valence-corrected chi connectivity index (χ3v) is 5.33. The minimum atomic E-state index is -0.827. The first kappa shape index (κ1) is 23.0. The van der Waals surface area contributed by atoms with E-state index in [0.29, 0.717) is 30.5 Å². The lowest BCUT2D eigenvalue weighted by atomic mass is 10.1. The zero-order valence-corrected chi connectivity index (χ0v) is 18.0. The summed E-state index contributed by atoms with van der Waals surface area (Å²) in [6.45, 7) is 1.74. The molecule has 1 aliphatic heterocycles. The number of rotatable bonds is 9. The van der Waals surface area contributed by atoms with Crippen LogP contribution in [0.5, 0.6) is 0 Å². The molecule has 32 heavy (non-hydrogen) atoms. The second-order valence-corrected chi connectivity index (χ2v) is 7.65. The number of aryl methyl sites for hydroxylation is 1. The van der Waals surface area contributed by atoms with Crippen LogP contribution in [0.4, 0.5) is 11.4 Å². The molecule has 0 fully saturated rings. The molecule has 0 aliphatic carbocycles. The fraction of sp³-hybridized carbons (Fsp3) is 0.333. The van der Waals surface area contributed by atoms with Gasteiger partial charge in [0.1, 0.15) is 18.9 Å². The average molecular weight is 437 g/mol. The van der Waals surface area contributed by atoms with Gasteiger partial charge in [-0.3, -0.25) is 19.3 Å². The van der Waals surface area contributed by atoms with Crippen LogP contribution in [-0.2, 0) is 25.6 Å². The van der Waals surface area contributed by atoms with Gasteiger partial charge in [0.15, 0.2) is 0 Å². The second-order valence-electron chi connectivity index (χ2n) is 7.65. The number of benzene rings is 2. The molecule has 2 aromatic carbocycles. The Morgan fingerprint density at radius 3 is 2.56 bits per heavy atom. The lowest BCUT2D eigenvalue weighted by Gasteiger charge is -2.25. The predicted molar refractivity (Wildman–Crippen MR) is 122 cm³/mol. The van der Waals surface area contributed by atoms with E-state index in [1.54, 1.807) is 19.1 Å². The molecule has 0 bridgehead atoms. The summed E-state index contributed by atoms with van der Waals surface area (Å²) in [5, 5.41) is 8.61. The molecule has 0 spiro atoms. The molecule has 3 rings (SSSR count). The molecule has 2 aromatic rings. The summed E-state index contributed by atoms with van der Waals surface area (Å²) < 4.78 is 0. The summed E-state index contributed by atoms with van der Waals surface area (Å²) in [7, 11) is 0. The number of aldehydes is 1. The Labute approximate surface area is 187 Å². The molecule has 1 heterocycles. The van der Waals surface area contributed by atoms with Gasteiger partial charge < -0.3 is 20.7 Å². The highest BCUT2D eigenvalue weighted by atomic mass is 16.2. The van der Waals surface area contributed by atoms with Crippen LogP contribution in [-0.4, -0.2) is 49.2 Å². The first-order chi connectivity index (χ1) is 15.5. The van der Waals surface area contributed by atoms with Crippen molar-refractivity contribution in [2.75, 3.05) is 23.3 Å². The summed E-state index contributed by atoms with van der Waals surface area (Å²) in [6, 6.07) is 15.4. The molecule has 8 nitrogen and oxygen atoms in total. The highest BCUT2D eigenvalue weighted by molar-refractivity contribution is 6.06. The highest BCUT2D eigenvalue weighted by Gasteiger charge is 2.32. The van der Waals surface area contributed by atoms with Gasteiger partial charge in [0.05, 0.1) is 17.4 Å². The van der Waals surface area contributed by atoms with Gasteiger partial charge in [-0.15, -0.1) is 0 Å². The minimum absolute atomic E-state index is 0.205. The molecule has 0 saturated heterocycles. The van der Waals surface area contributed by atoms with Crippen molar-refractivity contribution in [3.63, 3.8) is 0 Å². The van der Waals surface area contributed by atoms with E-state index in [4.69, 9.17) is 0 Å². The van der Waals surface area contributed by atoms with Crippen molar-refractivity contribution in [2.45, 2.75) is 38.3 Å². The van der Waals surface area contributed by atoms with E-state index in [0.717, 1.165) is 5.56 Å². The maximum atomic E-state index is 13.3. The Morgan fingerprint density at radius 2 is 1.84 bits per heavy atom. The third-order valence-electron chi connectivity index (χ3n) is 5.33. The smallest absolute Gasteiger partial charge is 0.251 e. The van der Waals surface area contributed by atoms with E-state index in [1.807, 2.05) is 42.5 Å². The summed E-state index contributed by atoms with van der Waals surface area (Å²) in [5.41, 5.74) is 2.28. The summed E-state index contributed by atoms with van der Waals surface area (Å²) >= 11 is 0. The van der Waals surface area contributed by atoms with Crippen molar-refractivity contribution in [2.24, 2.45) is 0 Å². The van der Waals surface area contributed by atoms with Gasteiger partial charge in [0, 0.05) is 13.0 Å². The van der Waals surface area contributed by atoms with Crippen LogP contribution in [0.25, 0.3) is 0 Å². The van der Waals surface area contributed by atoms with Crippen LogP contribution in [0.15, 0.2) is 54.6 Å². The van der Waals surface area contributed by atoms with Crippen LogP contribution in [0.3, 0.4) is 0 Å². The van der Waals surface area contributed by atoms with Gasteiger partial charge in [-0.2, -0.15) is 0 Å². The van der Waals surface area contributed by atoms with Crippen LogP contribution in [0.2, 0.25) is 0 Å². The van der Waals surface area contributed by atoms with E-state index < -0.39 is 18.0 Å². The normalized spacial score (nSPS) is 16.2. The predicted octanol–water partition coefficient (Wildman–Crippen LogP) is 1.66. The molecule has 1 aliphatic rings. The number of amides is 3. The monoisotopic (exact) mass is 436 g/mol. The Bertz CT molecular complexity index is 963. The van der Waals surface area contributed by atoms with Crippen molar-refractivity contribution < 1.29 is 19.2 Å². The summed E-state index contributed by atoms with van der Waals surface area (Å²) in [4.78, 5) is 50.8. The first-order valence-electron chi connectivity index (χ1n) is 10.7. The molecule has 0 unspecified atom stereocenters. The molecule has 0 radical (unpaired) electrons. The molecule has 8 heteroatoms. The Balaban J connectivity index is 1.71. The van der Waals surface area contributed by atoms with Crippen molar-refractivity contribution in [1.82, 2.24) is 10.6 Å². The van der Waals surface area contributed by atoms with E-state index in [9.17, 15) is 19.2 Å². The van der Waals surface area contributed by atoms with Crippen LogP contribution in [0.1, 0.15) is 25.3 Å². The molecule has 0 aromatic heterocycles. The largest absolute Gasteiger partial charge is 0.381 e. The number of carbonyl (C=O) groups excluding carboxylic acids is 4. The number of hydrogen-bond acceptors (Lipinski definition) is 5. The molecule has 3 amide bonds. The number of fused-ring (bicyclic) bond motifs is 1. The molecule has 0 saturated carbocycles. The minimum Gasteiger partial charge on any atom is -0.381 e. The van der Waals surface area contributed by atoms with Crippen molar-refractivity contribution in [1.29, 1.82) is 0 Å². The van der Waals surface area contributed by atoms with Crippen LogP contribution >= 0.6 is 0 Å². The number of hydrogen-bond donors (Lipinski definition) is 3. The van der Waals surface area contributed by atoms with Crippen molar-refractivity contribution in [3.8, 4) is 0 Å². The Morgan fingerprint density at radius 1 is 1.12 bits per heavy atom. The van der Waals surface area contributed by atoms with Gasteiger partial charge in [0.25, 0.3) is 5.91 Å². The van der Waals surface area contributed by atoms with Crippen molar-refractivity contribution >= 4 is 35.4 Å². The van der Waals surface area contributed by atoms with Gasteiger partial charge in [0.2, 0.25) is 11.8 Å². The van der Waals surface area contributed by atoms with E-state index in [1.165, 1.54) is 4.90 Å². The van der Waals surface area contributed by atoms with Gasteiger partial charge in [-0.25, -0.2) is 0 Å². The standard InChI is InChI=1S/C24H28N4O4/c1-2-18(16-29)26-23(31)15-28-21-11-7-6-10-19(21)25-14-20(24(28)32)27-22(30)13-12-17-8-4-3-5-9-17/h3-11,16,18,20,25H,2,12-15H2,1H3,(H,26,31)(H,27,30)/t18-,20-/m0/s1. The molecular formula is C24H28N4O4. The third kappa shape index (κ3) is 5.94. The zero-order chi connectivity index (χ0) is 22.9. The van der Waals surface area contributed by atoms with Crippen LogP contribution in [0, 0.1) is 0 Å². The highest BCUT2D eigenvalue weighted by Crippen LogP contribution is 2.28. The van der Waals surface area contributed by atoms with E-state index in [2.05, 4.69) is 16.0 Å². The maximum absolute atomic E-state index is 13.3. The molecule has 2 atom stereocenters. The Kier molecular flexibility index (Phi) is 7.96. The summed E-state index contributed by atoms with van der Waals surface area (Å²) in [5.74, 6) is -1.07. The molecule has 168 valence electrons. The first-order valence-corrected chi connectivity index (χ1v) is 10.7. The number of nitrogens with zero attached hydrogens (tertiary/aromatic N) is 1. The number of carbonyl (C=O) groups is 4. The van der Waals surface area contributed by atoms with Crippen molar-refractivity contribution in [3.05, 3.63) is 60.2 Å². The fourth-order valence-electron chi connectivity index (χ4n) is 3.54. The maximum Gasteiger partial charge on any atom is 0.251 e. The SMILES string of the molecule is CC[C@@H](C=O)NC(=O)CN1C(=O)[C@@H](NC(=O)CCc2ccccc2)CNc2ccccc21.